The van der Waals surface area contributed by atoms with Crippen LogP contribution < -0.4 is 5.32 Å². The largest absolute Gasteiger partial charge is 0.505 e. The van der Waals surface area contributed by atoms with Crippen molar-refractivity contribution in [2.45, 2.75) is 10.4 Å². The Morgan fingerprint density at radius 3 is 2.27 bits per heavy atom. The molecule has 8 nitrogen and oxygen atoms in total. The van der Waals surface area contributed by atoms with Crippen LogP contribution >= 0.6 is 15.9 Å². The van der Waals surface area contributed by atoms with Gasteiger partial charge in [0.25, 0.3) is 9.84 Å². The van der Waals surface area contributed by atoms with E-state index in [0.717, 1.165) is 14.2 Å². The van der Waals surface area contributed by atoms with Crippen LogP contribution in [0.2, 0.25) is 0 Å². The van der Waals surface area contributed by atoms with Gasteiger partial charge < -0.3 is 19.9 Å². The van der Waals surface area contributed by atoms with E-state index in [0.29, 0.717) is 18.2 Å². The lowest BCUT2D eigenvalue weighted by Gasteiger charge is -2.14. The molecule has 0 aliphatic carbocycles. The smallest absolute Gasteiger partial charge is 0.501 e. The number of phenols is 1. The molecule has 0 aliphatic rings. The molecule has 0 aromatic heterocycles. The molecule has 1 aromatic carbocycles. The molecule has 13 heteroatoms. The van der Waals surface area contributed by atoms with Crippen molar-refractivity contribution in [3.63, 3.8) is 0 Å². The van der Waals surface area contributed by atoms with Crippen LogP contribution in [0.5, 0.6) is 5.75 Å². The lowest BCUT2D eigenvalue weighted by atomic mass is 10.2. The predicted molar refractivity (Wildman–Crippen MR) is 84.8 cm³/mol. The van der Waals surface area contributed by atoms with E-state index in [1.807, 2.05) is 0 Å². The molecule has 0 bridgehead atoms. The highest BCUT2D eigenvalue weighted by molar-refractivity contribution is 9.10. The Morgan fingerprint density at radius 2 is 1.81 bits per heavy atom. The molecule has 0 radical (unpaired) electrons. The molecule has 1 rings (SSSR count). The van der Waals surface area contributed by atoms with E-state index >= 15 is 0 Å². The van der Waals surface area contributed by atoms with Crippen molar-refractivity contribution in [1.82, 2.24) is 0 Å². The van der Waals surface area contributed by atoms with E-state index in [-0.39, 0.29) is 0 Å². The molecule has 0 spiro atoms. The number of phenolic OH excluding ortho intramolecular Hbond substituents is 1. The SMILES string of the molecule is COC(=O)/C=C(/Nc1cc(S(=O)(=O)C(F)(F)F)cc(Br)c1O)C(=O)OC. The Hall–Kier alpha value is -2.28. The minimum absolute atomic E-state index is 0.410. The van der Waals surface area contributed by atoms with Crippen molar-refractivity contribution < 1.29 is 45.8 Å². The summed E-state index contributed by atoms with van der Waals surface area (Å²) in [6.07, 6.45) is 0.601. The Kier molecular flexibility index (Phi) is 6.65. The van der Waals surface area contributed by atoms with Crippen LogP contribution in [0, 0.1) is 0 Å². The van der Waals surface area contributed by atoms with E-state index in [2.05, 4.69) is 30.7 Å². The number of rotatable bonds is 5. The Bertz CT molecular complexity index is 865. The monoisotopic (exact) mass is 461 g/mol. The standard InChI is InChI=1S/C13H11BrF3NO7S/c1-24-10(19)5-9(12(21)25-2)18-8-4-6(3-7(14)11(8)20)26(22,23)13(15,16)17/h3-5,18,20H,1-2H3/b9-5+. The first-order chi connectivity index (χ1) is 11.8. The molecule has 0 unspecified atom stereocenters. The number of hydrogen-bond donors (Lipinski definition) is 2. The zero-order valence-electron chi connectivity index (χ0n) is 13.0. The Balaban J connectivity index is 3.51. The molecule has 144 valence electrons. The van der Waals surface area contributed by atoms with Crippen molar-refractivity contribution in [2.75, 3.05) is 19.5 Å². The number of alkyl halides is 3. The highest BCUT2D eigenvalue weighted by atomic mass is 79.9. The van der Waals surface area contributed by atoms with Gasteiger partial charge >= 0.3 is 17.4 Å². The maximum atomic E-state index is 12.7. The van der Waals surface area contributed by atoms with Gasteiger partial charge in [0.15, 0.2) is 5.75 Å². The molecule has 1 aromatic rings. The van der Waals surface area contributed by atoms with E-state index in [4.69, 9.17) is 0 Å². The number of halogens is 4. The summed E-state index contributed by atoms with van der Waals surface area (Å²) in [6, 6.07) is 0.974. The van der Waals surface area contributed by atoms with Crippen LogP contribution in [0.25, 0.3) is 0 Å². The van der Waals surface area contributed by atoms with Gasteiger partial charge in [-0.25, -0.2) is 18.0 Å². The van der Waals surface area contributed by atoms with Gasteiger partial charge in [0.2, 0.25) is 0 Å². The molecular weight excluding hydrogens is 451 g/mol. The van der Waals surface area contributed by atoms with Crippen molar-refractivity contribution in [3.05, 3.63) is 28.4 Å². The third-order valence-corrected chi connectivity index (χ3v) is 4.86. The maximum Gasteiger partial charge on any atom is 0.501 e. The lowest BCUT2D eigenvalue weighted by molar-refractivity contribution is -0.138. The number of esters is 2. The van der Waals surface area contributed by atoms with Crippen LogP contribution in [0.3, 0.4) is 0 Å². The van der Waals surface area contributed by atoms with Crippen LogP contribution in [-0.2, 0) is 28.9 Å². The second-order valence-corrected chi connectivity index (χ2v) is 7.24. The zero-order chi connectivity index (χ0) is 20.3. The van der Waals surface area contributed by atoms with Crippen LogP contribution in [0.15, 0.2) is 33.3 Å². The van der Waals surface area contributed by atoms with Crippen molar-refractivity contribution in [2.24, 2.45) is 0 Å². The summed E-state index contributed by atoms with van der Waals surface area (Å²) in [6.45, 7) is 0. The van der Waals surface area contributed by atoms with Gasteiger partial charge in [-0.15, -0.1) is 0 Å². The molecule has 0 aliphatic heterocycles. The number of carbonyl (C=O) groups is 2. The first kappa shape index (κ1) is 21.8. The highest BCUT2D eigenvalue weighted by Crippen LogP contribution is 2.39. The Morgan fingerprint density at radius 1 is 1.23 bits per heavy atom. The summed E-state index contributed by atoms with van der Waals surface area (Å²) >= 11 is 2.72. The summed E-state index contributed by atoms with van der Waals surface area (Å²) < 4.78 is 69.5. The predicted octanol–water partition coefficient (Wildman–Crippen LogP) is 2.09. The second kappa shape index (κ2) is 7.95. The average Bonchev–Trinajstić information content (AvgIpc) is 2.55. The normalized spacial score (nSPS) is 12.5. The number of sulfone groups is 1. The molecule has 0 atom stereocenters. The number of benzene rings is 1. The van der Waals surface area contributed by atoms with Gasteiger partial charge in [-0.1, -0.05) is 0 Å². The highest BCUT2D eigenvalue weighted by Gasteiger charge is 2.47. The number of methoxy groups -OCH3 is 2. The van der Waals surface area contributed by atoms with Crippen LogP contribution in [-0.4, -0.2) is 45.2 Å². The molecule has 0 saturated carbocycles. The van der Waals surface area contributed by atoms with Crippen molar-refractivity contribution in [1.29, 1.82) is 0 Å². The first-order valence-corrected chi connectivity index (χ1v) is 8.61. The maximum absolute atomic E-state index is 12.7. The average molecular weight is 462 g/mol. The van der Waals surface area contributed by atoms with Crippen molar-refractivity contribution in [3.8, 4) is 5.75 Å². The number of nitrogens with one attached hydrogen (secondary N) is 1. The fourth-order valence-corrected chi connectivity index (χ4v) is 2.96. The minimum atomic E-state index is -5.74. The van der Waals surface area contributed by atoms with Gasteiger partial charge in [-0.3, -0.25) is 0 Å². The van der Waals surface area contributed by atoms with Gasteiger partial charge in [-0.05, 0) is 28.1 Å². The van der Waals surface area contributed by atoms with Gasteiger partial charge in [0.05, 0.1) is 35.4 Å². The van der Waals surface area contributed by atoms with Crippen LogP contribution in [0.1, 0.15) is 0 Å². The topological polar surface area (TPSA) is 119 Å². The van der Waals surface area contributed by atoms with E-state index in [1.54, 1.807) is 0 Å². The summed E-state index contributed by atoms with van der Waals surface area (Å²) in [4.78, 5) is 21.7. The second-order valence-electron chi connectivity index (χ2n) is 4.45. The molecule has 0 amide bonds. The number of carbonyl (C=O) groups excluding carboxylic acids is 2. The molecule has 0 saturated heterocycles. The Labute approximate surface area is 153 Å². The fraction of sp³-hybridized carbons (Fsp3) is 0.231. The number of anilines is 1. The van der Waals surface area contributed by atoms with E-state index in [1.165, 1.54) is 0 Å². The van der Waals surface area contributed by atoms with Crippen molar-refractivity contribution >= 4 is 43.4 Å². The summed E-state index contributed by atoms with van der Waals surface area (Å²) in [5, 5.41) is 12.0. The first-order valence-electron chi connectivity index (χ1n) is 6.34. The van der Waals surface area contributed by atoms with Gasteiger partial charge in [0.1, 0.15) is 5.70 Å². The number of hydrogen-bond acceptors (Lipinski definition) is 8. The summed E-state index contributed by atoms with van der Waals surface area (Å²) in [5.74, 6) is -2.86. The molecule has 2 N–H and O–H groups in total. The molecular formula is C13H11BrF3NO7S. The quantitative estimate of drug-likeness (QED) is 0.388. The molecule has 0 fully saturated rings. The molecule has 26 heavy (non-hydrogen) atoms. The van der Waals surface area contributed by atoms with Gasteiger partial charge in [0, 0.05) is 0 Å². The zero-order valence-corrected chi connectivity index (χ0v) is 15.5. The van der Waals surface area contributed by atoms with E-state index < -0.39 is 53.8 Å². The third kappa shape index (κ3) is 4.66. The fourth-order valence-electron chi connectivity index (χ4n) is 1.54. The van der Waals surface area contributed by atoms with Crippen LogP contribution in [0.4, 0.5) is 18.9 Å². The number of ether oxygens (including phenoxy) is 2. The van der Waals surface area contributed by atoms with Gasteiger partial charge in [-0.2, -0.15) is 13.2 Å². The third-order valence-electron chi connectivity index (χ3n) is 2.79. The summed E-state index contributed by atoms with van der Waals surface area (Å²) in [7, 11) is -3.78. The number of aromatic hydroxyl groups is 1. The molecule has 0 heterocycles. The summed E-state index contributed by atoms with van der Waals surface area (Å²) in [5.41, 5.74) is -6.82. The lowest BCUT2D eigenvalue weighted by Crippen LogP contribution is -2.23. The minimum Gasteiger partial charge on any atom is -0.505 e. The van der Waals surface area contributed by atoms with E-state index in [9.17, 15) is 36.3 Å².